The maximum atomic E-state index is 5.91. The van der Waals surface area contributed by atoms with Gasteiger partial charge in [-0.25, -0.2) is 0 Å². The van der Waals surface area contributed by atoms with Gasteiger partial charge < -0.3 is 14.5 Å². The summed E-state index contributed by atoms with van der Waals surface area (Å²) in [5.41, 5.74) is 6.89. The predicted octanol–water partition coefficient (Wildman–Crippen LogP) is 5.04. The molecule has 0 amide bonds. The Bertz CT molecular complexity index is 951. The Balaban J connectivity index is 0.00000225. The number of hydrogen-bond donors (Lipinski definition) is 1. The molecule has 0 aliphatic carbocycles. The molecule has 0 spiro atoms. The van der Waals surface area contributed by atoms with Gasteiger partial charge in [0, 0.05) is 42.7 Å². The van der Waals surface area contributed by atoms with E-state index in [0.717, 1.165) is 44.0 Å². The molecule has 4 rings (SSSR count). The fraction of sp³-hybridized carbons (Fsp3) is 0.391. The standard InChI is InChI=1S/C23H28N2O2.ClH/c1-16-13-18-19-15-25(11-9-20(19)24-21(18)14-17(16)2)10-6-12-27-23-8-5-4-7-22(23)26-3;/h4-5,7-8,13-14,24H,6,9-12,15H2,1-3H3;1H. The Morgan fingerprint density at radius 3 is 2.61 bits per heavy atom. The van der Waals surface area contributed by atoms with Gasteiger partial charge in [0.05, 0.1) is 13.7 Å². The number of methoxy groups -OCH3 is 1. The van der Waals surface area contributed by atoms with E-state index in [0.29, 0.717) is 6.61 Å². The summed E-state index contributed by atoms with van der Waals surface area (Å²) in [6, 6.07) is 12.5. The van der Waals surface area contributed by atoms with Gasteiger partial charge in [0.2, 0.25) is 0 Å². The Kier molecular flexibility index (Phi) is 6.53. The summed E-state index contributed by atoms with van der Waals surface area (Å²) < 4.78 is 11.3. The summed E-state index contributed by atoms with van der Waals surface area (Å²) in [7, 11) is 1.68. The minimum atomic E-state index is 0. The molecule has 1 N–H and O–H groups in total. The van der Waals surface area contributed by atoms with Crippen molar-refractivity contribution in [2.75, 3.05) is 26.8 Å². The molecule has 2 aromatic carbocycles. The van der Waals surface area contributed by atoms with E-state index in [-0.39, 0.29) is 12.4 Å². The van der Waals surface area contributed by atoms with E-state index in [2.05, 4.69) is 35.9 Å². The van der Waals surface area contributed by atoms with E-state index in [1.54, 1.807) is 7.11 Å². The molecule has 3 aromatic rings. The molecule has 28 heavy (non-hydrogen) atoms. The monoisotopic (exact) mass is 400 g/mol. The number of halogens is 1. The van der Waals surface area contributed by atoms with Crippen molar-refractivity contribution in [2.24, 2.45) is 0 Å². The fourth-order valence-corrected chi connectivity index (χ4v) is 3.94. The third-order valence-electron chi connectivity index (χ3n) is 5.61. The summed E-state index contributed by atoms with van der Waals surface area (Å²) in [4.78, 5) is 6.18. The number of fused-ring (bicyclic) bond motifs is 3. The average Bonchev–Trinajstić information content (AvgIpc) is 3.02. The molecule has 0 fully saturated rings. The van der Waals surface area contributed by atoms with E-state index in [1.165, 1.54) is 33.3 Å². The van der Waals surface area contributed by atoms with Crippen LogP contribution in [0.2, 0.25) is 0 Å². The third-order valence-corrected chi connectivity index (χ3v) is 5.61. The van der Waals surface area contributed by atoms with Crippen molar-refractivity contribution in [3.63, 3.8) is 0 Å². The molecule has 0 unspecified atom stereocenters. The number of nitrogens with zero attached hydrogens (tertiary/aromatic N) is 1. The maximum absolute atomic E-state index is 5.91. The minimum Gasteiger partial charge on any atom is -0.493 e. The third kappa shape index (κ3) is 4.13. The number of nitrogens with one attached hydrogen (secondary N) is 1. The predicted molar refractivity (Wildman–Crippen MR) is 117 cm³/mol. The summed E-state index contributed by atoms with van der Waals surface area (Å²) in [6.07, 6.45) is 2.10. The van der Waals surface area contributed by atoms with Gasteiger partial charge in [-0.1, -0.05) is 12.1 Å². The lowest BCUT2D eigenvalue weighted by atomic mass is 10.0. The molecule has 0 saturated carbocycles. The number of aryl methyl sites for hydroxylation is 2. The van der Waals surface area contributed by atoms with E-state index in [1.807, 2.05) is 24.3 Å². The van der Waals surface area contributed by atoms with E-state index in [4.69, 9.17) is 9.47 Å². The van der Waals surface area contributed by atoms with Crippen LogP contribution in [0, 0.1) is 13.8 Å². The van der Waals surface area contributed by atoms with Crippen LogP contribution in [0.1, 0.15) is 28.8 Å². The molecule has 0 saturated heterocycles. The number of rotatable bonds is 6. The van der Waals surface area contributed by atoms with E-state index in [9.17, 15) is 0 Å². The summed E-state index contributed by atoms with van der Waals surface area (Å²) in [6.45, 7) is 8.26. The lowest BCUT2D eigenvalue weighted by Gasteiger charge is -2.27. The molecule has 0 bridgehead atoms. The zero-order valence-corrected chi connectivity index (χ0v) is 17.7. The van der Waals surface area contributed by atoms with Crippen molar-refractivity contribution in [2.45, 2.75) is 33.2 Å². The quantitative estimate of drug-likeness (QED) is 0.589. The molecule has 150 valence electrons. The lowest BCUT2D eigenvalue weighted by molar-refractivity contribution is 0.218. The fourth-order valence-electron chi connectivity index (χ4n) is 3.94. The molecular formula is C23H29ClN2O2. The number of hydrogen-bond acceptors (Lipinski definition) is 3. The van der Waals surface area contributed by atoms with Gasteiger partial charge in [-0.2, -0.15) is 0 Å². The van der Waals surface area contributed by atoms with Gasteiger partial charge >= 0.3 is 0 Å². The van der Waals surface area contributed by atoms with Crippen LogP contribution in [0.3, 0.4) is 0 Å². The number of benzene rings is 2. The maximum Gasteiger partial charge on any atom is 0.161 e. The van der Waals surface area contributed by atoms with Gasteiger partial charge in [-0.15, -0.1) is 12.4 Å². The first-order valence-corrected chi connectivity index (χ1v) is 9.74. The van der Waals surface area contributed by atoms with Crippen molar-refractivity contribution in [3.05, 3.63) is 58.8 Å². The van der Waals surface area contributed by atoms with Crippen LogP contribution in [-0.2, 0) is 13.0 Å². The highest BCUT2D eigenvalue weighted by molar-refractivity contribution is 5.86. The zero-order valence-electron chi connectivity index (χ0n) is 16.9. The number of ether oxygens (including phenoxy) is 2. The summed E-state index contributed by atoms with van der Waals surface area (Å²) in [5.74, 6) is 1.62. The molecule has 1 aliphatic heterocycles. The lowest BCUT2D eigenvalue weighted by Crippen LogP contribution is -2.31. The van der Waals surface area contributed by atoms with E-state index >= 15 is 0 Å². The number of aromatic amines is 1. The Morgan fingerprint density at radius 1 is 1.07 bits per heavy atom. The topological polar surface area (TPSA) is 37.5 Å². The molecule has 2 heterocycles. The van der Waals surface area contributed by atoms with E-state index < -0.39 is 0 Å². The molecule has 1 aromatic heterocycles. The SMILES string of the molecule is COc1ccccc1OCCCN1CCc2[nH]c3cc(C)c(C)cc3c2C1.Cl. The highest BCUT2D eigenvalue weighted by Gasteiger charge is 2.20. The van der Waals surface area contributed by atoms with Gasteiger partial charge in [0.1, 0.15) is 0 Å². The van der Waals surface area contributed by atoms with Crippen LogP contribution in [0.15, 0.2) is 36.4 Å². The molecule has 1 aliphatic rings. The zero-order chi connectivity index (χ0) is 18.8. The highest BCUT2D eigenvalue weighted by Crippen LogP contribution is 2.30. The van der Waals surface area contributed by atoms with Gasteiger partial charge in [0.15, 0.2) is 11.5 Å². The van der Waals surface area contributed by atoms with Crippen LogP contribution in [0.5, 0.6) is 11.5 Å². The molecular weight excluding hydrogens is 372 g/mol. The molecule has 4 nitrogen and oxygen atoms in total. The second kappa shape index (κ2) is 8.89. The van der Waals surface area contributed by atoms with Crippen LogP contribution in [-0.4, -0.2) is 36.7 Å². The Morgan fingerprint density at radius 2 is 1.82 bits per heavy atom. The number of para-hydroxylation sites is 2. The van der Waals surface area contributed by atoms with Crippen LogP contribution >= 0.6 is 12.4 Å². The first kappa shape index (κ1) is 20.6. The molecule has 5 heteroatoms. The van der Waals surface area contributed by atoms with Gasteiger partial charge in [-0.05, 0) is 61.2 Å². The van der Waals surface area contributed by atoms with Crippen molar-refractivity contribution in [3.8, 4) is 11.5 Å². The average molecular weight is 401 g/mol. The largest absolute Gasteiger partial charge is 0.493 e. The summed E-state index contributed by atoms with van der Waals surface area (Å²) in [5, 5.41) is 1.39. The first-order chi connectivity index (χ1) is 13.2. The normalized spacial score (nSPS) is 13.8. The highest BCUT2D eigenvalue weighted by atomic mass is 35.5. The van der Waals surface area contributed by atoms with Crippen molar-refractivity contribution in [1.82, 2.24) is 9.88 Å². The van der Waals surface area contributed by atoms with Crippen molar-refractivity contribution < 1.29 is 9.47 Å². The van der Waals surface area contributed by atoms with Crippen molar-refractivity contribution >= 4 is 23.3 Å². The van der Waals surface area contributed by atoms with Gasteiger partial charge in [0.25, 0.3) is 0 Å². The molecule has 0 radical (unpaired) electrons. The smallest absolute Gasteiger partial charge is 0.161 e. The number of H-pyrrole nitrogens is 1. The number of aromatic nitrogens is 1. The second-order valence-corrected chi connectivity index (χ2v) is 7.44. The molecule has 0 atom stereocenters. The van der Waals surface area contributed by atoms with Crippen LogP contribution < -0.4 is 9.47 Å². The Labute approximate surface area is 173 Å². The second-order valence-electron chi connectivity index (χ2n) is 7.44. The summed E-state index contributed by atoms with van der Waals surface area (Å²) >= 11 is 0. The van der Waals surface area contributed by atoms with Crippen LogP contribution in [0.25, 0.3) is 10.9 Å². The van der Waals surface area contributed by atoms with Crippen molar-refractivity contribution in [1.29, 1.82) is 0 Å². The van der Waals surface area contributed by atoms with Crippen LogP contribution in [0.4, 0.5) is 0 Å². The Hall–Kier alpha value is -2.17. The minimum absolute atomic E-state index is 0. The van der Waals surface area contributed by atoms with Gasteiger partial charge in [-0.3, -0.25) is 4.90 Å². The first-order valence-electron chi connectivity index (χ1n) is 9.74.